The minimum atomic E-state index is -2.80. The zero-order valence-corrected chi connectivity index (χ0v) is 11.5. The maximum absolute atomic E-state index is 11.4. The van der Waals surface area contributed by atoms with Gasteiger partial charge in [-0.15, -0.1) is 0 Å². The molecular weight excluding hydrogens is 244 g/mol. The second kappa shape index (κ2) is 6.87. The summed E-state index contributed by atoms with van der Waals surface area (Å²) in [5.41, 5.74) is 0. The molecule has 0 saturated carbocycles. The molecule has 5 heteroatoms. The molecule has 0 radical (unpaired) electrons. The van der Waals surface area contributed by atoms with Crippen LogP contribution in [0.5, 0.6) is 0 Å². The molecule has 1 fully saturated rings. The van der Waals surface area contributed by atoms with E-state index >= 15 is 0 Å². The largest absolute Gasteiger partial charge is 0.396 e. The Labute approximate surface area is 103 Å². The molecule has 16 heavy (non-hydrogen) atoms. The Hall–Kier alpha value is 0.260. The maximum Gasteiger partial charge on any atom is 0.150 e. The highest BCUT2D eigenvalue weighted by Crippen LogP contribution is 2.29. The third-order valence-electron chi connectivity index (χ3n) is 3.24. The quantitative estimate of drug-likeness (QED) is 0.711. The molecule has 1 rings (SSSR count). The molecular formula is C11H22O3S2. The molecule has 1 N–H and O–H groups in total. The summed E-state index contributed by atoms with van der Waals surface area (Å²) in [5.74, 6) is 3.24. The Morgan fingerprint density at radius 1 is 1.50 bits per heavy atom. The van der Waals surface area contributed by atoms with E-state index in [2.05, 4.69) is 6.92 Å². The van der Waals surface area contributed by atoms with Crippen LogP contribution in [0, 0.1) is 11.8 Å². The van der Waals surface area contributed by atoms with Crippen LogP contribution in [0.4, 0.5) is 0 Å². The van der Waals surface area contributed by atoms with Gasteiger partial charge < -0.3 is 5.11 Å². The Morgan fingerprint density at radius 3 is 2.75 bits per heavy atom. The summed E-state index contributed by atoms with van der Waals surface area (Å²) in [6, 6.07) is 0. The summed E-state index contributed by atoms with van der Waals surface area (Å²) >= 11 is 1.90. The van der Waals surface area contributed by atoms with Crippen molar-refractivity contribution in [3.63, 3.8) is 0 Å². The molecule has 0 bridgehead atoms. The Morgan fingerprint density at radius 2 is 2.25 bits per heavy atom. The lowest BCUT2D eigenvalue weighted by Crippen LogP contribution is -2.20. The van der Waals surface area contributed by atoms with Crippen molar-refractivity contribution in [1.82, 2.24) is 0 Å². The number of hydrogen-bond donors (Lipinski definition) is 1. The van der Waals surface area contributed by atoms with Gasteiger partial charge in [-0.25, -0.2) is 8.42 Å². The second-order valence-electron chi connectivity index (χ2n) is 4.44. The molecule has 3 nitrogen and oxygen atoms in total. The molecule has 0 aromatic carbocycles. The minimum Gasteiger partial charge on any atom is -0.396 e. The first-order valence-corrected chi connectivity index (χ1v) is 8.95. The van der Waals surface area contributed by atoms with Crippen molar-refractivity contribution in [1.29, 1.82) is 0 Å². The fraction of sp³-hybridized carbons (Fsp3) is 1.00. The van der Waals surface area contributed by atoms with E-state index in [9.17, 15) is 13.5 Å². The lowest BCUT2D eigenvalue weighted by Gasteiger charge is -2.19. The van der Waals surface area contributed by atoms with Crippen LogP contribution in [0.3, 0.4) is 0 Å². The predicted molar refractivity (Wildman–Crippen MR) is 69.6 cm³/mol. The van der Waals surface area contributed by atoms with Crippen molar-refractivity contribution in [2.24, 2.45) is 11.8 Å². The summed E-state index contributed by atoms with van der Waals surface area (Å²) < 4.78 is 22.7. The first-order valence-electron chi connectivity index (χ1n) is 5.98. The Kier molecular flexibility index (Phi) is 6.15. The number of aliphatic hydroxyl groups excluding tert-OH is 1. The van der Waals surface area contributed by atoms with E-state index in [0.29, 0.717) is 11.5 Å². The van der Waals surface area contributed by atoms with Crippen molar-refractivity contribution >= 4 is 21.6 Å². The summed E-state index contributed by atoms with van der Waals surface area (Å²) in [5, 5.41) is 9.31. The molecule has 2 unspecified atom stereocenters. The molecule has 1 saturated heterocycles. The number of aliphatic hydroxyl groups is 1. The van der Waals surface area contributed by atoms with Crippen LogP contribution in [0.15, 0.2) is 0 Å². The van der Waals surface area contributed by atoms with Crippen molar-refractivity contribution in [3.05, 3.63) is 0 Å². The maximum atomic E-state index is 11.4. The third kappa shape index (κ3) is 4.63. The van der Waals surface area contributed by atoms with E-state index < -0.39 is 9.84 Å². The van der Waals surface area contributed by atoms with E-state index in [0.717, 1.165) is 30.8 Å². The van der Waals surface area contributed by atoms with E-state index in [-0.39, 0.29) is 18.4 Å². The van der Waals surface area contributed by atoms with Gasteiger partial charge in [-0.05, 0) is 42.6 Å². The molecule has 0 aromatic heterocycles. The second-order valence-corrected chi connectivity index (χ2v) is 8.07. The van der Waals surface area contributed by atoms with E-state index in [1.54, 1.807) is 0 Å². The summed E-state index contributed by atoms with van der Waals surface area (Å²) in [6.45, 7) is 2.27. The Bertz CT molecular complexity index is 288. The van der Waals surface area contributed by atoms with Crippen molar-refractivity contribution < 1.29 is 13.5 Å². The monoisotopic (exact) mass is 266 g/mol. The molecule has 0 aromatic rings. The van der Waals surface area contributed by atoms with Crippen LogP contribution in [0.2, 0.25) is 0 Å². The lowest BCUT2D eigenvalue weighted by atomic mass is 9.89. The van der Waals surface area contributed by atoms with Gasteiger partial charge in [0, 0.05) is 6.61 Å². The summed E-state index contributed by atoms with van der Waals surface area (Å²) in [4.78, 5) is 0. The Balaban J connectivity index is 2.31. The zero-order chi connectivity index (χ0) is 12.0. The standard InChI is InChI=1S/C11H22O3S2/c1-2-15-6-3-4-10(8-12)11-5-7-16(13,14)9-11/h10-12H,2-9H2,1H3. The van der Waals surface area contributed by atoms with Gasteiger partial charge in [0.25, 0.3) is 0 Å². The molecule has 1 aliphatic rings. The first kappa shape index (κ1) is 14.3. The van der Waals surface area contributed by atoms with Gasteiger partial charge in [-0.2, -0.15) is 11.8 Å². The number of hydrogen-bond acceptors (Lipinski definition) is 4. The molecule has 0 amide bonds. The molecule has 96 valence electrons. The van der Waals surface area contributed by atoms with Gasteiger partial charge in [0.2, 0.25) is 0 Å². The highest BCUT2D eigenvalue weighted by Gasteiger charge is 2.32. The van der Waals surface area contributed by atoms with E-state index in [4.69, 9.17) is 0 Å². The third-order valence-corrected chi connectivity index (χ3v) is 6.02. The van der Waals surface area contributed by atoms with Crippen molar-refractivity contribution in [3.8, 4) is 0 Å². The minimum absolute atomic E-state index is 0.136. The first-order chi connectivity index (χ1) is 7.59. The molecule has 1 aliphatic heterocycles. The average Bonchev–Trinajstić information content (AvgIpc) is 2.59. The van der Waals surface area contributed by atoms with Crippen LogP contribution in [-0.2, 0) is 9.84 Å². The zero-order valence-electron chi connectivity index (χ0n) is 9.89. The molecule has 0 spiro atoms. The van der Waals surface area contributed by atoms with Gasteiger partial charge in [-0.3, -0.25) is 0 Å². The number of sulfone groups is 1. The van der Waals surface area contributed by atoms with Crippen LogP contribution in [0.25, 0.3) is 0 Å². The van der Waals surface area contributed by atoms with E-state index in [1.807, 2.05) is 11.8 Å². The van der Waals surface area contributed by atoms with Crippen LogP contribution in [0.1, 0.15) is 26.2 Å². The topological polar surface area (TPSA) is 54.4 Å². The average molecular weight is 266 g/mol. The van der Waals surface area contributed by atoms with Gasteiger partial charge >= 0.3 is 0 Å². The predicted octanol–water partition coefficient (Wildman–Crippen LogP) is 1.56. The highest BCUT2D eigenvalue weighted by atomic mass is 32.2. The van der Waals surface area contributed by atoms with Gasteiger partial charge in [-0.1, -0.05) is 6.92 Å². The summed E-state index contributed by atoms with van der Waals surface area (Å²) in [6.07, 6.45) is 2.79. The van der Waals surface area contributed by atoms with Crippen LogP contribution < -0.4 is 0 Å². The van der Waals surface area contributed by atoms with Gasteiger partial charge in [0.1, 0.15) is 0 Å². The summed E-state index contributed by atoms with van der Waals surface area (Å²) in [7, 11) is -2.80. The van der Waals surface area contributed by atoms with Crippen molar-refractivity contribution in [2.45, 2.75) is 26.2 Å². The lowest BCUT2D eigenvalue weighted by molar-refractivity contribution is 0.175. The van der Waals surface area contributed by atoms with Crippen molar-refractivity contribution in [2.75, 3.05) is 29.6 Å². The van der Waals surface area contributed by atoms with Crippen LogP contribution >= 0.6 is 11.8 Å². The molecule has 1 heterocycles. The molecule has 2 atom stereocenters. The van der Waals surface area contributed by atoms with Gasteiger partial charge in [0.15, 0.2) is 9.84 Å². The normalized spacial score (nSPS) is 25.8. The number of rotatable bonds is 7. The van der Waals surface area contributed by atoms with E-state index in [1.165, 1.54) is 0 Å². The number of thioether (sulfide) groups is 1. The smallest absolute Gasteiger partial charge is 0.150 e. The van der Waals surface area contributed by atoms with Crippen LogP contribution in [-0.4, -0.2) is 43.1 Å². The molecule has 0 aliphatic carbocycles. The fourth-order valence-corrected chi connectivity index (χ4v) is 4.84. The highest BCUT2D eigenvalue weighted by molar-refractivity contribution is 7.99. The van der Waals surface area contributed by atoms with Gasteiger partial charge in [0.05, 0.1) is 11.5 Å². The fourth-order valence-electron chi connectivity index (χ4n) is 2.26. The SMILES string of the molecule is CCSCCCC(CO)C1CCS(=O)(=O)C1.